The fourth-order valence-electron chi connectivity index (χ4n) is 1.81. The molecule has 1 aliphatic rings. The topological polar surface area (TPSA) is 43.8 Å². The van der Waals surface area contributed by atoms with Gasteiger partial charge >= 0.3 is 0 Å². The minimum absolute atomic E-state index is 0.0220. The second-order valence-electron chi connectivity index (χ2n) is 4.05. The smallest absolute Gasteiger partial charge is 0.248 e. The number of nitrogens with two attached hydrogens (primary N) is 1. The quantitative estimate of drug-likeness (QED) is 0.793. The number of rotatable bonds is 2. The molecule has 0 spiro atoms. The highest BCUT2D eigenvalue weighted by atomic mass is 19.3. The van der Waals surface area contributed by atoms with Gasteiger partial charge in [0.1, 0.15) is 5.82 Å². The number of anilines is 1. The third-order valence-electron chi connectivity index (χ3n) is 2.60. The van der Waals surface area contributed by atoms with Gasteiger partial charge < -0.3 is 5.73 Å². The number of halogens is 2. The Balaban J connectivity index is 1.93. The van der Waals surface area contributed by atoms with Crippen molar-refractivity contribution in [3.05, 3.63) is 11.8 Å². The molecular formula is C9H13F2N3. The lowest BCUT2D eigenvalue weighted by atomic mass is 9.81. The molecule has 2 N–H and O–H groups in total. The molecule has 1 aliphatic carbocycles. The van der Waals surface area contributed by atoms with Crippen LogP contribution in [-0.4, -0.2) is 15.7 Å². The molecule has 2 rings (SSSR count). The Morgan fingerprint density at radius 3 is 2.71 bits per heavy atom. The highest BCUT2D eigenvalue weighted by Crippen LogP contribution is 2.43. The molecule has 0 radical (unpaired) electrons. The molecule has 1 aromatic heterocycles. The first-order valence-corrected chi connectivity index (χ1v) is 4.64. The summed E-state index contributed by atoms with van der Waals surface area (Å²) < 4.78 is 26.7. The molecule has 1 fully saturated rings. The molecule has 0 saturated heterocycles. The molecule has 1 aromatic rings. The third-order valence-corrected chi connectivity index (χ3v) is 2.60. The van der Waals surface area contributed by atoms with E-state index in [1.54, 1.807) is 10.9 Å². The van der Waals surface area contributed by atoms with Crippen molar-refractivity contribution in [3.8, 4) is 0 Å². The van der Waals surface area contributed by atoms with Crippen LogP contribution < -0.4 is 5.73 Å². The highest BCUT2D eigenvalue weighted by Gasteiger charge is 2.45. The van der Waals surface area contributed by atoms with Crippen LogP contribution in [0.25, 0.3) is 0 Å². The Morgan fingerprint density at radius 2 is 2.29 bits per heavy atom. The number of aromatic nitrogens is 2. The van der Waals surface area contributed by atoms with Crippen molar-refractivity contribution in [1.29, 1.82) is 0 Å². The Labute approximate surface area is 80.9 Å². The van der Waals surface area contributed by atoms with Crippen molar-refractivity contribution < 1.29 is 8.78 Å². The van der Waals surface area contributed by atoms with Crippen LogP contribution in [0.5, 0.6) is 0 Å². The fourth-order valence-corrected chi connectivity index (χ4v) is 1.81. The van der Waals surface area contributed by atoms with Crippen LogP contribution in [0.4, 0.5) is 14.6 Å². The standard InChI is InChI=1S/C9H13F2N3/c1-6-4-14(13-8(6)12)5-7-2-9(10,11)3-7/h4,7H,2-3,5H2,1H3,(H2,12,13). The molecule has 0 amide bonds. The average molecular weight is 201 g/mol. The normalized spacial score (nSPS) is 20.8. The molecule has 0 unspecified atom stereocenters. The van der Waals surface area contributed by atoms with Crippen molar-refractivity contribution in [2.24, 2.45) is 5.92 Å². The van der Waals surface area contributed by atoms with Crippen LogP contribution in [-0.2, 0) is 6.54 Å². The largest absolute Gasteiger partial charge is 0.382 e. The van der Waals surface area contributed by atoms with E-state index in [2.05, 4.69) is 5.10 Å². The molecule has 78 valence electrons. The molecule has 1 saturated carbocycles. The number of nitrogens with zero attached hydrogens (tertiary/aromatic N) is 2. The second kappa shape index (κ2) is 2.93. The maximum atomic E-state index is 12.5. The first-order valence-electron chi connectivity index (χ1n) is 4.64. The highest BCUT2D eigenvalue weighted by molar-refractivity contribution is 5.35. The summed E-state index contributed by atoms with van der Waals surface area (Å²) in [5.74, 6) is -1.92. The Morgan fingerprint density at radius 1 is 1.64 bits per heavy atom. The number of nitrogen functional groups attached to an aromatic ring is 1. The van der Waals surface area contributed by atoms with E-state index < -0.39 is 5.92 Å². The van der Waals surface area contributed by atoms with Gasteiger partial charge in [-0.25, -0.2) is 8.78 Å². The van der Waals surface area contributed by atoms with Crippen molar-refractivity contribution in [2.75, 3.05) is 5.73 Å². The van der Waals surface area contributed by atoms with Crippen molar-refractivity contribution in [1.82, 2.24) is 9.78 Å². The average Bonchev–Trinajstić information content (AvgIpc) is 2.27. The first kappa shape index (κ1) is 9.43. The lowest BCUT2D eigenvalue weighted by Gasteiger charge is -2.34. The van der Waals surface area contributed by atoms with Gasteiger partial charge in [-0.2, -0.15) is 5.10 Å². The van der Waals surface area contributed by atoms with Gasteiger partial charge in [0.25, 0.3) is 0 Å². The molecular weight excluding hydrogens is 188 g/mol. The van der Waals surface area contributed by atoms with E-state index in [0.29, 0.717) is 12.4 Å². The summed E-state index contributed by atoms with van der Waals surface area (Å²) in [6.45, 7) is 2.40. The Hall–Kier alpha value is -1.13. The zero-order valence-electron chi connectivity index (χ0n) is 8.00. The molecule has 14 heavy (non-hydrogen) atoms. The molecule has 0 aliphatic heterocycles. The SMILES string of the molecule is Cc1cn(CC2CC(F)(F)C2)nc1N. The lowest BCUT2D eigenvalue weighted by molar-refractivity contribution is -0.114. The zero-order chi connectivity index (χ0) is 10.3. The molecule has 5 heteroatoms. The third kappa shape index (κ3) is 1.71. The molecule has 3 nitrogen and oxygen atoms in total. The molecule has 1 heterocycles. The van der Waals surface area contributed by atoms with E-state index in [1.165, 1.54) is 0 Å². The van der Waals surface area contributed by atoms with Crippen LogP contribution in [0, 0.1) is 12.8 Å². The number of alkyl halides is 2. The van der Waals surface area contributed by atoms with Gasteiger partial charge in [-0.3, -0.25) is 4.68 Å². The van der Waals surface area contributed by atoms with Crippen molar-refractivity contribution in [3.63, 3.8) is 0 Å². The molecule has 0 aromatic carbocycles. The van der Waals surface area contributed by atoms with Crippen LogP contribution in [0.3, 0.4) is 0 Å². The van der Waals surface area contributed by atoms with Crippen LogP contribution in [0.1, 0.15) is 18.4 Å². The van der Waals surface area contributed by atoms with E-state index in [0.717, 1.165) is 5.56 Å². The predicted molar refractivity (Wildman–Crippen MR) is 49.0 cm³/mol. The Kier molecular flexibility index (Phi) is 1.97. The molecule has 0 bridgehead atoms. The lowest BCUT2D eigenvalue weighted by Crippen LogP contribution is -2.37. The van der Waals surface area contributed by atoms with Crippen molar-refractivity contribution >= 4 is 5.82 Å². The van der Waals surface area contributed by atoms with Gasteiger partial charge in [-0.1, -0.05) is 0 Å². The Bertz CT molecular complexity index is 318. The summed E-state index contributed by atoms with van der Waals surface area (Å²) in [6, 6.07) is 0. The zero-order valence-corrected chi connectivity index (χ0v) is 8.00. The summed E-state index contributed by atoms with van der Waals surface area (Å²) in [5.41, 5.74) is 6.45. The summed E-state index contributed by atoms with van der Waals surface area (Å²) in [7, 11) is 0. The number of hydrogen-bond donors (Lipinski definition) is 1. The summed E-state index contributed by atoms with van der Waals surface area (Å²) >= 11 is 0. The summed E-state index contributed by atoms with van der Waals surface area (Å²) in [5, 5.41) is 4.03. The van der Waals surface area contributed by atoms with Crippen molar-refractivity contribution in [2.45, 2.75) is 32.2 Å². The van der Waals surface area contributed by atoms with E-state index in [9.17, 15) is 8.78 Å². The van der Waals surface area contributed by atoms with Gasteiger partial charge in [-0.05, 0) is 12.8 Å². The van der Waals surface area contributed by atoms with Gasteiger partial charge in [0.05, 0.1) is 0 Å². The second-order valence-corrected chi connectivity index (χ2v) is 4.05. The van der Waals surface area contributed by atoms with E-state index in [1.807, 2.05) is 6.92 Å². The van der Waals surface area contributed by atoms with Gasteiger partial charge in [0.15, 0.2) is 0 Å². The monoisotopic (exact) mass is 201 g/mol. The van der Waals surface area contributed by atoms with Crippen LogP contribution in [0.15, 0.2) is 6.20 Å². The predicted octanol–water partition coefficient (Wildman–Crippen LogP) is 1.82. The first-order chi connectivity index (χ1) is 6.46. The van der Waals surface area contributed by atoms with Gasteiger partial charge in [-0.15, -0.1) is 0 Å². The number of hydrogen-bond acceptors (Lipinski definition) is 2. The van der Waals surface area contributed by atoms with E-state index in [4.69, 9.17) is 5.73 Å². The van der Waals surface area contributed by atoms with Crippen LogP contribution in [0.2, 0.25) is 0 Å². The number of aryl methyl sites for hydroxylation is 1. The maximum Gasteiger partial charge on any atom is 0.248 e. The fraction of sp³-hybridized carbons (Fsp3) is 0.667. The van der Waals surface area contributed by atoms with Crippen LogP contribution >= 0.6 is 0 Å². The van der Waals surface area contributed by atoms with Gasteiger partial charge in [0.2, 0.25) is 5.92 Å². The minimum atomic E-state index is -2.45. The summed E-state index contributed by atoms with van der Waals surface area (Å²) in [6.07, 6.45) is 1.75. The minimum Gasteiger partial charge on any atom is -0.382 e. The molecule has 0 atom stereocenters. The van der Waals surface area contributed by atoms with E-state index >= 15 is 0 Å². The summed E-state index contributed by atoms with van der Waals surface area (Å²) in [4.78, 5) is 0. The maximum absolute atomic E-state index is 12.5. The van der Waals surface area contributed by atoms with Gasteiger partial charge in [0, 0.05) is 31.1 Å². The van der Waals surface area contributed by atoms with E-state index in [-0.39, 0.29) is 18.8 Å².